The van der Waals surface area contributed by atoms with Crippen LogP contribution in [0.4, 0.5) is 0 Å². The zero-order valence-corrected chi connectivity index (χ0v) is 7.33. The lowest BCUT2D eigenvalue weighted by molar-refractivity contribution is 0.101. The Morgan fingerprint density at radius 3 is 2.54 bits per heavy atom. The van der Waals surface area contributed by atoms with Gasteiger partial charge in [0.15, 0.2) is 5.78 Å². The molecule has 0 spiro atoms. The molecule has 0 aliphatic heterocycles. The number of ether oxygens (including phenoxy) is 1. The van der Waals surface area contributed by atoms with Crippen molar-refractivity contribution in [3.05, 3.63) is 29.8 Å². The van der Waals surface area contributed by atoms with Gasteiger partial charge in [-0.15, -0.1) is 0 Å². The first kappa shape index (κ1) is 11.7. The number of Topliss-reactive ketones (excluding diaryl/α,β-unsaturated/α-hetero) is 1. The van der Waals surface area contributed by atoms with Gasteiger partial charge in [-0.25, -0.2) is 0 Å². The summed E-state index contributed by atoms with van der Waals surface area (Å²) in [6.45, 7) is 4.03. The molecule has 0 bridgehead atoms. The van der Waals surface area contributed by atoms with E-state index < -0.39 is 0 Å². The largest absolute Gasteiger partial charge is 0.493 e. The smallest absolute Gasteiger partial charge is 0.163 e. The molecule has 0 aliphatic rings. The van der Waals surface area contributed by atoms with Crippen LogP contribution < -0.4 is 4.74 Å². The number of rotatable bonds is 3. The van der Waals surface area contributed by atoms with Crippen molar-refractivity contribution in [2.45, 2.75) is 21.3 Å². The highest BCUT2D eigenvalue weighted by Gasteiger charge is 2.05. The quantitative estimate of drug-likeness (QED) is 0.668. The number of ketones is 1. The van der Waals surface area contributed by atoms with Crippen LogP contribution in [0.3, 0.4) is 0 Å². The second-order valence-corrected chi connectivity index (χ2v) is 2.49. The first-order valence-electron chi connectivity index (χ1n) is 3.98. The number of carbonyl (C=O) groups excluding carboxylic acids is 1. The predicted molar refractivity (Wildman–Crippen MR) is 54.3 cm³/mol. The molecule has 72 valence electrons. The zero-order chi connectivity index (χ0) is 8.97. The summed E-state index contributed by atoms with van der Waals surface area (Å²) in [6, 6.07) is 7.27. The summed E-state index contributed by atoms with van der Waals surface area (Å²) in [4.78, 5) is 11.1. The maximum atomic E-state index is 11.1. The average molecular weight is 180 g/mol. The van der Waals surface area contributed by atoms with Gasteiger partial charge in [-0.05, 0) is 26.0 Å². The van der Waals surface area contributed by atoms with Gasteiger partial charge in [0.05, 0.1) is 12.2 Å². The lowest BCUT2D eigenvalue weighted by Crippen LogP contribution is -1.99. The number of hydrogen-bond acceptors (Lipinski definition) is 2. The molecule has 0 atom stereocenters. The molecular weight excluding hydrogens is 164 g/mol. The third-order valence-corrected chi connectivity index (χ3v) is 1.57. The maximum absolute atomic E-state index is 11.1. The van der Waals surface area contributed by atoms with Gasteiger partial charge in [-0.3, -0.25) is 4.79 Å². The molecular formula is C11H16O2. The van der Waals surface area contributed by atoms with Crippen molar-refractivity contribution in [2.24, 2.45) is 0 Å². The SMILES string of the molecule is C.CCOc1ccccc1C(C)=O. The molecule has 0 heterocycles. The Morgan fingerprint density at radius 2 is 2.00 bits per heavy atom. The fourth-order valence-electron chi connectivity index (χ4n) is 1.04. The third kappa shape index (κ3) is 2.90. The minimum absolute atomic E-state index is 0. The lowest BCUT2D eigenvalue weighted by atomic mass is 10.1. The Kier molecular flexibility index (Phi) is 4.82. The van der Waals surface area contributed by atoms with Crippen LogP contribution in [-0.2, 0) is 0 Å². The van der Waals surface area contributed by atoms with Crippen molar-refractivity contribution in [1.29, 1.82) is 0 Å². The van der Waals surface area contributed by atoms with Gasteiger partial charge in [0.25, 0.3) is 0 Å². The molecule has 0 amide bonds. The van der Waals surface area contributed by atoms with Crippen LogP contribution in [0.5, 0.6) is 5.75 Å². The van der Waals surface area contributed by atoms with E-state index in [9.17, 15) is 4.79 Å². The van der Waals surface area contributed by atoms with Gasteiger partial charge in [-0.2, -0.15) is 0 Å². The van der Waals surface area contributed by atoms with Gasteiger partial charge in [0.2, 0.25) is 0 Å². The second kappa shape index (κ2) is 5.36. The summed E-state index contributed by atoms with van der Waals surface area (Å²) in [7, 11) is 0. The molecule has 0 aliphatic carbocycles. The maximum Gasteiger partial charge on any atom is 0.163 e. The summed E-state index contributed by atoms with van der Waals surface area (Å²) in [5, 5.41) is 0. The molecule has 1 aromatic carbocycles. The lowest BCUT2D eigenvalue weighted by Gasteiger charge is -2.06. The van der Waals surface area contributed by atoms with Crippen LogP contribution in [0.2, 0.25) is 0 Å². The van der Waals surface area contributed by atoms with E-state index in [1.165, 1.54) is 6.92 Å². The van der Waals surface area contributed by atoms with E-state index in [4.69, 9.17) is 4.74 Å². The molecule has 0 fully saturated rings. The van der Waals surface area contributed by atoms with Gasteiger partial charge < -0.3 is 4.74 Å². The van der Waals surface area contributed by atoms with Crippen LogP contribution in [0.25, 0.3) is 0 Å². The highest BCUT2D eigenvalue weighted by atomic mass is 16.5. The van der Waals surface area contributed by atoms with Gasteiger partial charge in [0, 0.05) is 0 Å². The van der Waals surface area contributed by atoms with E-state index >= 15 is 0 Å². The molecule has 0 saturated heterocycles. The minimum atomic E-state index is 0. The summed E-state index contributed by atoms with van der Waals surface area (Å²) in [5.74, 6) is 0.714. The Labute approximate surface area is 79.5 Å². The summed E-state index contributed by atoms with van der Waals surface area (Å²) in [5.41, 5.74) is 0.652. The normalized spacial score (nSPS) is 8.77. The standard InChI is InChI=1S/C10H12O2.CH4/c1-3-12-10-7-5-4-6-9(10)8(2)11;/h4-7H,3H2,1-2H3;1H4. The molecule has 2 heteroatoms. The molecule has 0 aromatic heterocycles. The average Bonchev–Trinajstić information content (AvgIpc) is 2.05. The Morgan fingerprint density at radius 1 is 1.38 bits per heavy atom. The zero-order valence-electron chi connectivity index (χ0n) is 7.33. The molecule has 0 N–H and O–H groups in total. The van der Waals surface area contributed by atoms with Crippen molar-refractivity contribution < 1.29 is 9.53 Å². The summed E-state index contributed by atoms with van der Waals surface area (Å²) < 4.78 is 5.28. The molecule has 1 aromatic rings. The molecule has 1 rings (SSSR count). The van der Waals surface area contributed by atoms with Crippen LogP contribution in [0.15, 0.2) is 24.3 Å². The van der Waals surface area contributed by atoms with Crippen molar-refractivity contribution >= 4 is 5.78 Å². The predicted octanol–water partition coefficient (Wildman–Crippen LogP) is 2.92. The van der Waals surface area contributed by atoms with Crippen LogP contribution in [0, 0.1) is 0 Å². The van der Waals surface area contributed by atoms with Crippen LogP contribution in [-0.4, -0.2) is 12.4 Å². The molecule has 0 saturated carbocycles. The third-order valence-electron chi connectivity index (χ3n) is 1.57. The minimum Gasteiger partial charge on any atom is -0.493 e. The van der Waals surface area contributed by atoms with Gasteiger partial charge in [-0.1, -0.05) is 19.6 Å². The first-order valence-corrected chi connectivity index (χ1v) is 3.98. The van der Waals surface area contributed by atoms with Crippen molar-refractivity contribution in [3.8, 4) is 5.75 Å². The van der Waals surface area contributed by atoms with E-state index in [1.807, 2.05) is 19.1 Å². The van der Waals surface area contributed by atoms with E-state index in [1.54, 1.807) is 12.1 Å². The second-order valence-electron chi connectivity index (χ2n) is 2.49. The molecule has 2 nitrogen and oxygen atoms in total. The van der Waals surface area contributed by atoms with E-state index in [0.29, 0.717) is 17.9 Å². The first-order chi connectivity index (χ1) is 5.75. The Hall–Kier alpha value is -1.31. The molecule has 13 heavy (non-hydrogen) atoms. The topological polar surface area (TPSA) is 26.3 Å². The van der Waals surface area contributed by atoms with E-state index in [2.05, 4.69) is 0 Å². The van der Waals surface area contributed by atoms with Crippen molar-refractivity contribution in [3.63, 3.8) is 0 Å². The molecule has 0 radical (unpaired) electrons. The van der Waals surface area contributed by atoms with Crippen LogP contribution in [0.1, 0.15) is 31.6 Å². The van der Waals surface area contributed by atoms with Crippen LogP contribution >= 0.6 is 0 Å². The van der Waals surface area contributed by atoms with Crippen molar-refractivity contribution in [1.82, 2.24) is 0 Å². The number of para-hydroxylation sites is 1. The highest BCUT2D eigenvalue weighted by molar-refractivity contribution is 5.96. The monoisotopic (exact) mass is 180 g/mol. The Balaban J connectivity index is 0.00000144. The number of carbonyl (C=O) groups is 1. The molecule has 0 unspecified atom stereocenters. The van der Waals surface area contributed by atoms with E-state index in [-0.39, 0.29) is 13.2 Å². The highest BCUT2D eigenvalue weighted by Crippen LogP contribution is 2.17. The summed E-state index contributed by atoms with van der Waals surface area (Å²) >= 11 is 0. The fraction of sp³-hybridized carbons (Fsp3) is 0.364. The van der Waals surface area contributed by atoms with E-state index in [0.717, 1.165) is 0 Å². The fourth-order valence-corrected chi connectivity index (χ4v) is 1.04. The van der Waals surface area contributed by atoms with Gasteiger partial charge in [0.1, 0.15) is 5.75 Å². The number of benzene rings is 1. The number of hydrogen-bond donors (Lipinski definition) is 0. The van der Waals surface area contributed by atoms with Gasteiger partial charge >= 0.3 is 0 Å². The van der Waals surface area contributed by atoms with Crippen molar-refractivity contribution in [2.75, 3.05) is 6.61 Å². The summed E-state index contributed by atoms with van der Waals surface area (Å²) in [6.07, 6.45) is 0. The Bertz CT molecular complexity index is 279.